The Morgan fingerprint density at radius 2 is 1.92 bits per heavy atom. The van der Waals surface area contributed by atoms with E-state index in [1.807, 2.05) is 24.0 Å². The van der Waals surface area contributed by atoms with Gasteiger partial charge in [-0.2, -0.15) is 0 Å². The van der Waals surface area contributed by atoms with Crippen molar-refractivity contribution in [3.8, 4) is 17.2 Å². The Morgan fingerprint density at radius 3 is 2.64 bits per heavy atom. The van der Waals surface area contributed by atoms with Crippen molar-refractivity contribution in [3.63, 3.8) is 0 Å². The van der Waals surface area contributed by atoms with Crippen molar-refractivity contribution in [2.45, 2.75) is 51.4 Å². The van der Waals surface area contributed by atoms with Crippen LogP contribution >= 0.6 is 0 Å². The van der Waals surface area contributed by atoms with Crippen LogP contribution in [0.5, 0.6) is 17.2 Å². The fourth-order valence-electron chi connectivity index (χ4n) is 5.77. The van der Waals surface area contributed by atoms with E-state index in [1.165, 1.54) is 0 Å². The van der Waals surface area contributed by atoms with Crippen molar-refractivity contribution < 1.29 is 33.6 Å². The minimum atomic E-state index is -1.04. The lowest BCUT2D eigenvalue weighted by Crippen LogP contribution is -2.56. The summed E-state index contributed by atoms with van der Waals surface area (Å²) in [5, 5.41) is 8.76. The van der Waals surface area contributed by atoms with Gasteiger partial charge in [-0.15, -0.1) is 0 Å². The third kappa shape index (κ3) is 4.62. The van der Waals surface area contributed by atoms with Gasteiger partial charge in [0.2, 0.25) is 0 Å². The van der Waals surface area contributed by atoms with Gasteiger partial charge in [-0.05, 0) is 63.9 Å². The highest BCUT2D eigenvalue weighted by Gasteiger charge is 2.52. The van der Waals surface area contributed by atoms with Crippen LogP contribution in [0.25, 0.3) is 0 Å². The second-order valence-corrected chi connectivity index (χ2v) is 10.3. The second-order valence-electron chi connectivity index (χ2n) is 10.3. The molecule has 2 fully saturated rings. The van der Waals surface area contributed by atoms with E-state index >= 15 is 0 Å². The number of carbonyl (C=O) groups is 2. The molecule has 192 valence electrons. The lowest BCUT2D eigenvalue weighted by Gasteiger charge is -2.53. The molecule has 1 N–H and O–H groups in total. The van der Waals surface area contributed by atoms with Gasteiger partial charge in [-0.1, -0.05) is 12.1 Å². The molecular formula is C28H33NO7. The average molecular weight is 496 g/mol. The maximum Gasteiger partial charge on any atom is 0.341 e. The number of nitrogens with zero attached hydrogens (tertiary/aromatic N) is 1. The summed E-state index contributed by atoms with van der Waals surface area (Å²) >= 11 is 0. The van der Waals surface area contributed by atoms with Crippen LogP contribution < -0.4 is 14.2 Å². The number of carboxylic acid groups (broad SMARTS) is 1. The lowest BCUT2D eigenvalue weighted by atomic mass is 9.70. The Labute approximate surface area is 211 Å². The highest BCUT2D eigenvalue weighted by molar-refractivity contribution is 5.94. The Bertz CT molecular complexity index is 1130. The Morgan fingerprint density at radius 1 is 1.14 bits per heavy atom. The SMILES string of the molecule is CCOc1cccc2c1OC(C)(C)[C@H]1C[C@H]3CN(C(=O)c4ccc(OCC(=O)O)cc4)CC[C@@H]3O[C@H]21. The van der Waals surface area contributed by atoms with Crippen LogP contribution in [-0.4, -0.2) is 59.9 Å². The molecule has 3 aliphatic heterocycles. The monoisotopic (exact) mass is 495 g/mol. The van der Waals surface area contributed by atoms with Crippen LogP contribution in [-0.2, 0) is 9.53 Å². The lowest BCUT2D eigenvalue weighted by molar-refractivity contribution is -0.184. The van der Waals surface area contributed by atoms with E-state index in [0.29, 0.717) is 31.0 Å². The number of carboxylic acids is 1. The molecular weight excluding hydrogens is 462 g/mol. The quantitative estimate of drug-likeness (QED) is 0.638. The fourth-order valence-corrected chi connectivity index (χ4v) is 5.77. The number of carbonyl (C=O) groups excluding carboxylic acids is 1. The topological polar surface area (TPSA) is 94.5 Å². The van der Waals surface area contributed by atoms with E-state index in [4.69, 9.17) is 24.1 Å². The van der Waals surface area contributed by atoms with Crippen LogP contribution in [0.15, 0.2) is 42.5 Å². The number of rotatable bonds is 6. The van der Waals surface area contributed by atoms with Crippen molar-refractivity contribution in [3.05, 3.63) is 53.6 Å². The van der Waals surface area contributed by atoms with Gasteiger partial charge < -0.3 is 29.0 Å². The Balaban J connectivity index is 1.30. The molecule has 0 aromatic heterocycles. The first-order chi connectivity index (χ1) is 17.3. The van der Waals surface area contributed by atoms with Crippen LogP contribution in [0.4, 0.5) is 0 Å². The molecule has 0 saturated carbocycles. The molecule has 4 atom stereocenters. The summed E-state index contributed by atoms with van der Waals surface area (Å²) in [6.07, 6.45) is 1.71. The summed E-state index contributed by atoms with van der Waals surface area (Å²) in [7, 11) is 0. The van der Waals surface area contributed by atoms with Gasteiger partial charge in [0.1, 0.15) is 11.4 Å². The highest BCUT2D eigenvalue weighted by Crippen LogP contribution is 2.55. The molecule has 8 nitrogen and oxygen atoms in total. The van der Waals surface area contributed by atoms with E-state index in [2.05, 4.69) is 19.9 Å². The summed E-state index contributed by atoms with van der Waals surface area (Å²) in [6, 6.07) is 12.7. The Kier molecular flexibility index (Phi) is 6.55. The van der Waals surface area contributed by atoms with Crippen LogP contribution in [0.1, 0.15) is 55.6 Å². The molecule has 3 heterocycles. The molecule has 0 aliphatic carbocycles. The molecule has 5 rings (SSSR count). The first kappa shape index (κ1) is 24.4. The molecule has 2 saturated heterocycles. The number of hydrogen-bond acceptors (Lipinski definition) is 6. The third-order valence-corrected chi connectivity index (χ3v) is 7.53. The van der Waals surface area contributed by atoms with Gasteiger partial charge in [0.05, 0.1) is 18.8 Å². The van der Waals surface area contributed by atoms with E-state index in [1.54, 1.807) is 24.3 Å². The van der Waals surface area contributed by atoms with Crippen LogP contribution in [0, 0.1) is 11.8 Å². The van der Waals surface area contributed by atoms with E-state index in [9.17, 15) is 9.59 Å². The maximum atomic E-state index is 13.2. The number of amides is 1. The van der Waals surface area contributed by atoms with Crippen LogP contribution in [0.2, 0.25) is 0 Å². The standard InChI is InChI=1S/C28H33NO7/c1-4-33-23-7-5-6-20-25-21(28(2,3)36-26(20)23)14-18-15-29(13-12-22(18)35-25)27(32)17-8-10-19(11-9-17)34-16-24(30)31/h5-11,18,21-22,25H,4,12-16H2,1-3H3,(H,30,31)/t18-,21-,22-,25+/m0/s1. The molecule has 8 heteroatoms. The summed E-state index contributed by atoms with van der Waals surface area (Å²) in [6.45, 7) is 7.60. The number of benzene rings is 2. The van der Waals surface area contributed by atoms with Gasteiger partial charge in [0.15, 0.2) is 18.1 Å². The van der Waals surface area contributed by atoms with E-state index in [0.717, 1.165) is 29.9 Å². The van der Waals surface area contributed by atoms with Gasteiger partial charge in [0, 0.05) is 36.1 Å². The van der Waals surface area contributed by atoms with Gasteiger partial charge in [0.25, 0.3) is 5.91 Å². The normalized spacial score (nSPS) is 26.0. The van der Waals surface area contributed by atoms with Crippen molar-refractivity contribution in [2.24, 2.45) is 11.8 Å². The first-order valence-corrected chi connectivity index (χ1v) is 12.6. The fraction of sp³-hybridized carbons (Fsp3) is 0.500. The zero-order valence-corrected chi connectivity index (χ0v) is 20.9. The highest BCUT2D eigenvalue weighted by atomic mass is 16.5. The minimum absolute atomic E-state index is 0.0359. The number of fused-ring (bicyclic) bond motifs is 4. The molecule has 0 spiro atoms. The summed E-state index contributed by atoms with van der Waals surface area (Å²) in [4.78, 5) is 25.8. The summed E-state index contributed by atoms with van der Waals surface area (Å²) < 4.78 is 24.3. The smallest absolute Gasteiger partial charge is 0.341 e. The van der Waals surface area contributed by atoms with Crippen molar-refractivity contribution >= 4 is 11.9 Å². The average Bonchev–Trinajstić information content (AvgIpc) is 2.87. The first-order valence-electron chi connectivity index (χ1n) is 12.6. The molecule has 0 radical (unpaired) electrons. The predicted molar refractivity (Wildman–Crippen MR) is 132 cm³/mol. The molecule has 2 aromatic rings. The molecule has 2 aromatic carbocycles. The maximum absolute atomic E-state index is 13.2. The van der Waals surface area contributed by atoms with E-state index in [-0.39, 0.29) is 30.0 Å². The number of hydrogen-bond donors (Lipinski definition) is 1. The number of aliphatic carboxylic acids is 1. The van der Waals surface area contributed by atoms with Crippen molar-refractivity contribution in [2.75, 3.05) is 26.3 Å². The number of ether oxygens (including phenoxy) is 4. The zero-order chi connectivity index (χ0) is 25.4. The molecule has 0 unspecified atom stereocenters. The van der Waals surface area contributed by atoms with E-state index < -0.39 is 18.2 Å². The summed E-state index contributed by atoms with van der Waals surface area (Å²) in [5.41, 5.74) is 1.17. The number of para-hydroxylation sites is 1. The van der Waals surface area contributed by atoms with Gasteiger partial charge in [-0.25, -0.2) is 4.79 Å². The summed E-state index contributed by atoms with van der Waals surface area (Å²) in [5.74, 6) is 1.27. The number of likely N-dealkylation sites (tertiary alicyclic amines) is 1. The molecule has 3 aliphatic rings. The second kappa shape index (κ2) is 9.65. The van der Waals surface area contributed by atoms with Crippen molar-refractivity contribution in [1.82, 2.24) is 4.90 Å². The molecule has 36 heavy (non-hydrogen) atoms. The minimum Gasteiger partial charge on any atom is -0.490 e. The molecule has 0 bridgehead atoms. The predicted octanol–water partition coefficient (Wildman–Crippen LogP) is 4.33. The van der Waals surface area contributed by atoms with Gasteiger partial charge in [-0.3, -0.25) is 4.79 Å². The number of piperidine rings is 1. The zero-order valence-electron chi connectivity index (χ0n) is 20.9. The van der Waals surface area contributed by atoms with Crippen molar-refractivity contribution in [1.29, 1.82) is 0 Å². The largest absolute Gasteiger partial charge is 0.490 e. The molecule has 1 amide bonds. The third-order valence-electron chi connectivity index (χ3n) is 7.53. The Hall–Kier alpha value is -3.26. The van der Waals surface area contributed by atoms with Gasteiger partial charge >= 0.3 is 5.97 Å². The van der Waals surface area contributed by atoms with Crippen LogP contribution in [0.3, 0.4) is 0 Å².